The number of benzene rings is 1. The molecule has 0 unspecified atom stereocenters. The van der Waals surface area contributed by atoms with E-state index in [2.05, 4.69) is 55.4 Å². The molecule has 2 nitrogen and oxygen atoms in total. The molecule has 0 fully saturated rings. The van der Waals surface area contributed by atoms with Crippen molar-refractivity contribution in [3.05, 3.63) is 42.9 Å². The fraction of sp³-hybridized carbons (Fsp3) is 0.231. The van der Waals surface area contributed by atoms with Crippen molar-refractivity contribution in [3.8, 4) is 11.4 Å². The number of nitrogens with zero attached hydrogens (tertiary/aromatic N) is 2. The van der Waals surface area contributed by atoms with Crippen molar-refractivity contribution in [1.82, 2.24) is 9.97 Å². The normalized spacial score (nSPS) is 10.8. The van der Waals surface area contributed by atoms with Gasteiger partial charge in [-0.25, -0.2) is 14.4 Å². The maximum atomic E-state index is 13.1. The quantitative estimate of drug-likeness (QED) is 0.466. The number of hydrogen-bond acceptors (Lipinski definition) is 2. The van der Waals surface area contributed by atoms with Crippen molar-refractivity contribution >= 4 is 50.1 Å². The van der Waals surface area contributed by atoms with Gasteiger partial charge in [-0.3, -0.25) is 0 Å². The van der Waals surface area contributed by atoms with E-state index in [9.17, 15) is 4.39 Å². The van der Waals surface area contributed by atoms with Crippen molar-refractivity contribution in [1.29, 1.82) is 0 Å². The van der Waals surface area contributed by atoms with Gasteiger partial charge in [0.05, 0.1) is 9.26 Å². The van der Waals surface area contributed by atoms with Crippen molar-refractivity contribution in [2.75, 3.05) is 0 Å². The summed E-state index contributed by atoms with van der Waals surface area (Å²) >= 11 is 11.6. The first-order valence-electron chi connectivity index (χ1n) is 5.70. The van der Waals surface area contributed by atoms with E-state index >= 15 is 0 Å². The minimum absolute atomic E-state index is 0.305. The van der Waals surface area contributed by atoms with Crippen LogP contribution in [0.3, 0.4) is 0 Å². The lowest BCUT2D eigenvalue weighted by Crippen LogP contribution is -2.01. The van der Waals surface area contributed by atoms with E-state index in [1.54, 1.807) is 6.07 Å². The summed E-state index contributed by atoms with van der Waals surface area (Å²) in [6, 6.07) is 4.42. The summed E-state index contributed by atoms with van der Waals surface area (Å²) in [6.07, 6.45) is 1.82. The molecule has 0 aliphatic carbocycles. The van der Waals surface area contributed by atoms with Crippen LogP contribution < -0.4 is 0 Å². The van der Waals surface area contributed by atoms with Gasteiger partial charge >= 0.3 is 0 Å². The van der Waals surface area contributed by atoms with Gasteiger partial charge in [-0.15, -0.1) is 0 Å². The lowest BCUT2D eigenvalue weighted by Gasteiger charge is -2.09. The highest BCUT2D eigenvalue weighted by Gasteiger charge is 2.13. The molecule has 1 heterocycles. The zero-order chi connectivity index (χ0) is 14.0. The van der Waals surface area contributed by atoms with Gasteiger partial charge < -0.3 is 0 Å². The lowest BCUT2D eigenvalue weighted by atomic mass is 10.2. The molecule has 6 heteroatoms. The minimum Gasteiger partial charge on any atom is -0.232 e. The standard InChI is InChI=1S/C13H10BrClFIN2/c1-2-3-10-11(17)12(15)19-13(18-10)8-5-4-7(16)6-9(8)14/h4-6H,2-3H2,1H3. The largest absolute Gasteiger partial charge is 0.232 e. The molecular formula is C13H10BrClFIN2. The molecule has 0 amide bonds. The number of rotatable bonds is 3. The Kier molecular flexibility index (Phi) is 5.14. The fourth-order valence-corrected chi connectivity index (χ4v) is 2.88. The van der Waals surface area contributed by atoms with Crippen LogP contribution in [0.2, 0.25) is 5.15 Å². The summed E-state index contributed by atoms with van der Waals surface area (Å²) < 4.78 is 14.6. The van der Waals surface area contributed by atoms with Crippen LogP contribution in [0.25, 0.3) is 11.4 Å². The molecule has 0 atom stereocenters. The molecule has 0 radical (unpaired) electrons. The van der Waals surface area contributed by atoms with Crippen LogP contribution in [0.1, 0.15) is 19.0 Å². The highest BCUT2D eigenvalue weighted by molar-refractivity contribution is 14.1. The highest BCUT2D eigenvalue weighted by Crippen LogP contribution is 2.29. The van der Waals surface area contributed by atoms with Gasteiger partial charge in [0.1, 0.15) is 11.0 Å². The summed E-state index contributed by atoms with van der Waals surface area (Å²) in [7, 11) is 0. The third kappa shape index (κ3) is 3.44. The molecule has 0 N–H and O–H groups in total. The Morgan fingerprint density at radius 1 is 1.37 bits per heavy atom. The smallest absolute Gasteiger partial charge is 0.162 e. The van der Waals surface area contributed by atoms with Crippen LogP contribution in [0.5, 0.6) is 0 Å². The molecule has 0 saturated heterocycles. The number of aryl methyl sites for hydroxylation is 1. The Morgan fingerprint density at radius 3 is 2.74 bits per heavy atom. The van der Waals surface area contributed by atoms with Gasteiger partial charge in [-0.1, -0.05) is 24.9 Å². The Labute approximate surface area is 138 Å². The molecule has 1 aromatic carbocycles. The van der Waals surface area contributed by atoms with Crippen molar-refractivity contribution < 1.29 is 4.39 Å². The molecule has 100 valence electrons. The van der Waals surface area contributed by atoms with Gasteiger partial charge in [-0.05, 0) is 63.1 Å². The molecule has 0 bridgehead atoms. The minimum atomic E-state index is -0.305. The van der Waals surface area contributed by atoms with E-state index in [4.69, 9.17) is 11.6 Å². The van der Waals surface area contributed by atoms with E-state index in [-0.39, 0.29) is 5.82 Å². The van der Waals surface area contributed by atoms with Crippen LogP contribution in [-0.2, 0) is 6.42 Å². The van der Waals surface area contributed by atoms with Crippen LogP contribution in [0.15, 0.2) is 22.7 Å². The molecular weight excluding hydrogens is 445 g/mol. The summed E-state index contributed by atoms with van der Waals surface area (Å²) in [5, 5.41) is 0.435. The first kappa shape index (κ1) is 15.1. The van der Waals surface area contributed by atoms with Crippen molar-refractivity contribution in [2.24, 2.45) is 0 Å². The van der Waals surface area contributed by atoms with Gasteiger partial charge in [0.25, 0.3) is 0 Å². The van der Waals surface area contributed by atoms with E-state index < -0.39 is 0 Å². The first-order valence-corrected chi connectivity index (χ1v) is 7.95. The molecule has 0 aliphatic rings. The fourth-order valence-electron chi connectivity index (χ4n) is 1.66. The van der Waals surface area contributed by atoms with Gasteiger partial charge in [-0.2, -0.15) is 0 Å². The predicted octanol–water partition coefficient (Wildman–Crippen LogP) is 5.26. The first-order chi connectivity index (χ1) is 9.02. The second kappa shape index (κ2) is 6.45. The monoisotopic (exact) mass is 454 g/mol. The van der Waals surface area contributed by atoms with Crippen LogP contribution in [-0.4, -0.2) is 9.97 Å². The van der Waals surface area contributed by atoms with E-state index in [1.807, 2.05) is 0 Å². The van der Waals surface area contributed by atoms with Crippen LogP contribution in [0, 0.1) is 9.39 Å². The van der Waals surface area contributed by atoms with Crippen LogP contribution >= 0.6 is 50.1 Å². The van der Waals surface area contributed by atoms with Gasteiger partial charge in [0, 0.05) is 10.0 Å². The second-order valence-electron chi connectivity index (χ2n) is 3.97. The summed E-state index contributed by atoms with van der Waals surface area (Å²) in [5.74, 6) is 0.210. The Morgan fingerprint density at radius 2 is 2.11 bits per heavy atom. The van der Waals surface area contributed by atoms with Crippen molar-refractivity contribution in [3.63, 3.8) is 0 Å². The third-order valence-corrected chi connectivity index (χ3v) is 4.92. The zero-order valence-corrected chi connectivity index (χ0v) is 14.6. The zero-order valence-electron chi connectivity index (χ0n) is 10.1. The van der Waals surface area contributed by atoms with E-state index in [1.165, 1.54) is 12.1 Å². The second-order valence-corrected chi connectivity index (χ2v) is 6.26. The van der Waals surface area contributed by atoms with Gasteiger partial charge in [0.2, 0.25) is 0 Å². The van der Waals surface area contributed by atoms with E-state index in [0.717, 1.165) is 27.7 Å². The maximum absolute atomic E-state index is 13.1. The molecule has 19 heavy (non-hydrogen) atoms. The number of hydrogen-bond donors (Lipinski definition) is 0. The Bertz CT molecular complexity index is 622. The summed E-state index contributed by atoms with van der Waals surface area (Å²) in [6.45, 7) is 2.08. The van der Waals surface area contributed by atoms with Crippen LogP contribution in [0.4, 0.5) is 4.39 Å². The van der Waals surface area contributed by atoms with E-state index in [0.29, 0.717) is 15.5 Å². The SMILES string of the molecule is CCCc1nc(-c2ccc(F)cc2Br)nc(Cl)c1I. The molecule has 0 aliphatic heterocycles. The molecule has 1 aromatic heterocycles. The predicted molar refractivity (Wildman–Crippen MR) is 86.8 cm³/mol. The molecule has 0 spiro atoms. The molecule has 2 aromatic rings. The summed E-state index contributed by atoms with van der Waals surface area (Å²) in [4.78, 5) is 8.80. The van der Waals surface area contributed by atoms with Crippen molar-refractivity contribution in [2.45, 2.75) is 19.8 Å². The topological polar surface area (TPSA) is 25.8 Å². The maximum Gasteiger partial charge on any atom is 0.162 e. The Hall–Kier alpha value is -0.270. The summed E-state index contributed by atoms with van der Waals surface area (Å²) in [5.41, 5.74) is 1.66. The average molecular weight is 455 g/mol. The third-order valence-electron chi connectivity index (χ3n) is 2.54. The number of aromatic nitrogens is 2. The molecule has 0 saturated carbocycles. The lowest BCUT2D eigenvalue weighted by molar-refractivity contribution is 0.627. The average Bonchev–Trinajstić information content (AvgIpc) is 2.35. The highest BCUT2D eigenvalue weighted by atomic mass is 127. The Balaban J connectivity index is 2.56. The molecule has 2 rings (SSSR count). The van der Waals surface area contributed by atoms with Gasteiger partial charge in [0.15, 0.2) is 5.82 Å². The number of halogens is 4.